The van der Waals surface area contributed by atoms with Crippen LogP contribution in [0.3, 0.4) is 0 Å². The van der Waals surface area contributed by atoms with Gasteiger partial charge in [-0.05, 0) is 12.1 Å². The number of sulfonamides is 1. The first-order valence-electron chi connectivity index (χ1n) is 8.40. The standard InChI is InChI=1S/C18H15F3N4O2S/c19-18(20,21)12-7-5-11(6-8-12)16-14-3-1-2-4-15(14)17(25-24-16)23-13-9-22-28(26,27)10-13/h1-8,13,22H,9-10H2,(H,23,25)/t13-/m1/s1. The van der Waals surface area contributed by atoms with Crippen LogP contribution in [0.5, 0.6) is 0 Å². The second kappa shape index (κ2) is 6.71. The normalized spacial score (nSPS) is 19.0. The summed E-state index contributed by atoms with van der Waals surface area (Å²) in [6.07, 6.45) is -4.41. The lowest BCUT2D eigenvalue weighted by Gasteiger charge is -2.14. The molecule has 2 N–H and O–H groups in total. The summed E-state index contributed by atoms with van der Waals surface area (Å²) >= 11 is 0. The summed E-state index contributed by atoms with van der Waals surface area (Å²) < 4.78 is 63.9. The molecule has 10 heteroatoms. The van der Waals surface area contributed by atoms with E-state index in [1.807, 2.05) is 0 Å². The number of aromatic nitrogens is 2. The molecule has 4 rings (SSSR count). The summed E-state index contributed by atoms with van der Waals surface area (Å²) in [5.41, 5.74) is 0.224. The molecule has 0 radical (unpaired) electrons. The Kier molecular flexibility index (Phi) is 4.47. The Hall–Kier alpha value is -2.72. The number of rotatable bonds is 3. The van der Waals surface area contributed by atoms with Crippen molar-refractivity contribution in [2.45, 2.75) is 12.2 Å². The Bertz CT molecular complexity index is 1130. The quantitative estimate of drug-likeness (QED) is 0.696. The van der Waals surface area contributed by atoms with Crippen LogP contribution in [0, 0.1) is 0 Å². The second-order valence-electron chi connectivity index (χ2n) is 6.49. The highest BCUT2D eigenvalue weighted by Gasteiger charge is 2.30. The minimum atomic E-state index is -4.41. The van der Waals surface area contributed by atoms with Crippen molar-refractivity contribution >= 4 is 26.6 Å². The molecule has 2 heterocycles. The van der Waals surface area contributed by atoms with Crippen molar-refractivity contribution in [1.29, 1.82) is 0 Å². The van der Waals surface area contributed by atoms with Crippen LogP contribution in [0.4, 0.5) is 19.0 Å². The van der Waals surface area contributed by atoms with Gasteiger partial charge in [0.25, 0.3) is 0 Å². The Morgan fingerprint density at radius 3 is 2.29 bits per heavy atom. The summed E-state index contributed by atoms with van der Waals surface area (Å²) in [5.74, 6) is 0.360. The van der Waals surface area contributed by atoms with E-state index < -0.39 is 21.8 Å². The number of benzene rings is 2. The zero-order valence-corrected chi connectivity index (χ0v) is 15.2. The van der Waals surface area contributed by atoms with Crippen molar-refractivity contribution in [2.24, 2.45) is 0 Å². The molecule has 3 aromatic rings. The number of nitrogens with one attached hydrogen (secondary N) is 2. The van der Waals surface area contributed by atoms with Crippen molar-refractivity contribution in [3.05, 3.63) is 54.1 Å². The van der Waals surface area contributed by atoms with E-state index in [9.17, 15) is 21.6 Å². The van der Waals surface area contributed by atoms with Crippen molar-refractivity contribution in [2.75, 3.05) is 17.6 Å². The Labute approximate surface area is 158 Å². The third-order valence-corrected chi connectivity index (χ3v) is 5.93. The topological polar surface area (TPSA) is 84.0 Å². The third kappa shape index (κ3) is 3.65. The molecule has 1 atom stereocenters. The number of nitrogens with zero attached hydrogens (tertiary/aromatic N) is 2. The molecular weight excluding hydrogens is 393 g/mol. The highest BCUT2D eigenvalue weighted by atomic mass is 32.2. The molecule has 1 aliphatic heterocycles. The monoisotopic (exact) mass is 408 g/mol. The molecule has 28 heavy (non-hydrogen) atoms. The van der Waals surface area contributed by atoms with Gasteiger partial charge in [0.1, 0.15) is 5.69 Å². The number of hydrogen-bond donors (Lipinski definition) is 2. The van der Waals surface area contributed by atoms with Gasteiger partial charge in [0, 0.05) is 22.9 Å². The van der Waals surface area contributed by atoms with E-state index in [4.69, 9.17) is 0 Å². The fourth-order valence-corrected chi connectivity index (χ4v) is 4.44. The van der Waals surface area contributed by atoms with Gasteiger partial charge in [-0.3, -0.25) is 0 Å². The maximum atomic E-state index is 12.8. The van der Waals surface area contributed by atoms with Gasteiger partial charge in [0.2, 0.25) is 10.0 Å². The molecule has 6 nitrogen and oxygen atoms in total. The molecule has 0 spiro atoms. The molecule has 1 aliphatic rings. The van der Waals surface area contributed by atoms with Crippen molar-refractivity contribution in [3.63, 3.8) is 0 Å². The summed E-state index contributed by atoms with van der Waals surface area (Å²) in [4.78, 5) is 0. The maximum absolute atomic E-state index is 12.8. The molecular formula is C18H15F3N4O2S. The van der Waals surface area contributed by atoms with E-state index in [0.717, 1.165) is 12.1 Å². The van der Waals surface area contributed by atoms with Gasteiger partial charge in [0.05, 0.1) is 17.4 Å². The van der Waals surface area contributed by atoms with Gasteiger partial charge in [-0.15, -0.1) is 10.2 Å². The zero-order valence-electron chi connectivity index (χ0n) is 14.4. The predicted octanol–water partition coefficient (Wildman–Crippen LogP) is 3.03. The van der Waals surface area contributed by atoms with Crippen LogP contribution in [-0.4, -0.2) is 37.0 Å². The van der Waals surface area contributed by atoms with Gasteiger partial charge in [-0.1, -0.05) is 36.4 Å². The first-order chi connectivity index (χ1) is 13.2. The second-order valence-corrected chi connectivity index (χ2v) is 8.34. The first-order valence-corrected chi connectivity index (χ1v) is 10.1. The minimum Gasteiger partial charge on any atom is -0.363 e. The molecule has 0 saturated carbocycles. The smallest absolute Gasteiger partial charge is 0.363 e. The SMILES string of the molecule is O=S1(=O)C[C@H](Nc2nnc(-c3ccc(C(F)(F)F)cc3)c3ccccc23)CN1. The van der Waals surface area contributed by atoms with Crippen molar-refractivity contribution in [1.82, 2.24) is 14.9 Å². The maximum Gasteiger partial charge on any atom is 0.416 e. The van der Waals surface area contributed by atoms with E-state index in [2.05, 4.69) is 20.2 Å². The van der Waals surface area contributed by atoms with Crippen molar-refractivity contribution in [3.8, 4) is 11.3 Å². The van der Waals surface area contributed by atoms with Crippen LogP contribution >= 0.6 is 0 Å². The summed E-state index contributed by atoms with van der Waals surface area (Å²) in [7, 11) is -3.29. The fraction of sp³-hybridized carbons (Fsp3) is 0.222. The predicted molar refractivity (Wildman–Crippen MR) is 99.2 cm³/mol. The Morgan fingerprint density at radius 1 is 1.00 bits per heavy atom. The van der Waals surface area contributed by atoms with Gasteiger partial charge in [-0.25, -0.2) is 13.1 Å². The van der Waals surface area contributed by atoms with Crippen LogP contribution < -0.4 is 10.0 Å². The largest absolute Gasteiger partial charge is 0.416 e. The van der Waals surface area contributed by atoms with Crippen LogP contribution in [0.1, 0.15) is 5.56 Å². The number of halogens is 3. The zero-order chi connectivity index (χ0) is 19.9. The number of alkyl halides is 3. The Balaban J connectivity index is 1.72. The molecule has 1 aromatic heterocycles. The van der Waals surface area contributed by atoms with Crippen LogP contribution in [0.25, 0.3) is 22.0 Å². The lowest BCUT2D eigenvalue weighted by molar-refractivity contribution is -0.137. The number of fused-ring (bicyclic) bond motifs is 1. The number of hydrogen-bond acceptors (Lipinski definition) is 5. The van der Waals surface area contributed by atoms with Gasteiger partial charge in [0.15, 0.2) is 5.82 Å². The van der Waals surface area contributed by atoms with E-state index >= 15 is 0 Å². The van der Waals surface area contributed by atoms with Crippen LogP contribution in [0.15, 0.2) is 48.5 Å². The van der Waals surface area contributed by atoms with Gasteiger partial charge < -0.3 is 5.32 Å². The van der Waals surface area contributed by atoms with E-state index in [1.165, 1.54) is 12.1 Å². The minimum absolute atomic E-state index is 0.0658. The fourth-order valence-electron chi connectivity index (χ4n) is 3.14. The molecule has 1 saturated heterocycles. The summed E-state index contributed by atoms with van der Waals surface area (Å²) in [6.45, 7) is 0.249. The average Bonchev–Trinajstić information content (AvgIpc) is 3.00. The highest BCUT2D eigenvalue weighted by molar-refractivity contribution is 7.89. The molecule has 0 amide bonds. The summed E-state index contributed by atoms with van der Waals surface area (Å²) in [6, 6.07) is 11.6. The molecule has 0 unspecified atom stereocenters. The lowest BCUT2D eigenvalue weighted by atomic mass is 10.0. The van der Waals surface area contributed by atoms with Crippen LogP contribution in [-0.2, 0) is 16.2 Å². The Morgan fingerprint density at radius 2 is 1.68 bits per heavy atom. The van der Waals surface area contributed by atoms with Crippen molar-refractivity contribution < 1.29 is 21.6 Å². The van der Waals surface area contributed by atoms with Gasteiger partial charge >= 0.3 is 6.18 Å². The van der Waals surface area contributed by atoms with E-state index in [1.54, 1.807) is 24.3 Å². The lowest BCUT2D eigenvalue weighted by Crippen LogP contribution is -2.25. The molecule has 1 fully saturated rings. The van der Waals surface area contributed by atoms with Gasteiger partial charge in [-0.2, -0.15) is 13.2 Å². The third-order valence-electron chi connectivity index (χ3n) is 4.48. The molecule has 0 aliphatic carbocycles. The number of anilines is 1. The van der Waals surface area contributed by atoms with E-state index in [0.29, 0.717) is 27.8 Å². The highest BCUT2D eigenvalue weighted by Crippen LogP contribution is 2.33. The van der Waals surface area contributed by atoms with E-state index in [-0.39, 0.29) is 18.3 Å². The molecule has 146 valence electrons. The summed E-state index contributed by atoms with van der Waals surface area (Å²) in [5, 5.41) is 12.8. The molecule has 2 aromatic carbocycles. The first kappa shape index (κ1) is 18.6. The average molecular weight is 408 g/mol. The molecule has 0 bridgehead atoms. The van der Waals surface area contributed by atoms with Crippen LogP contribution in [0.2, 0.25) is 0 Å².